The number of benzene rings is 4. The van der Waals surface area contributed by atoms with Gasteiger partial charge in [0.05, 0.1) is 12.8 Å². The number of fused-ring (bicyclic) bond motifs is 1. The van der Waals surface area contributed by atoms with E-state index in [2.05, 4.69) is 35.3 Å². The largest absolute Gasteiger partial charge is 0.493 e. The average molecular weight is 416 g/mol. The van der Waals surface area contributed by atoms with Crippen molar-refractivity contribution in [2.45, 2.75) is 13.5 Å². The highest BCUT2D eigenvalue weighted by Gasteiger charge is 2.07. The number of ether oxygens (including phenoxy) is 2. The van der Waals surface area contributed by atoms with Crippen molar-refractivity contribution < 1.29 is 9.47 Å². The second-order valence-corrected chi connectivity index (χ2v) is 7.44. The first-order chi connectivity index (χ1) is 14.6. The second kappa shape index (κ2) is 9.02. The number of nitrogens with zero attached hydrogens (tertiary/aromatic N) is 1. The van der Waals surface area contributed by atoms with Crippen LogP contribution in [0.4, 0.5) is 5.69 Å². The maximum Gasteiger partial charge on any atom is 0.161 e. The molecule has 0 atom stereocenters. The standard InChI is InChI=1S/C26H22ClNO2/c1-18-10-12-22(15-24(18)27)28-16-19-11-13-25(26(14-19)29-2)30-17-21-8-5-7-20-6-3-4-9-23(20)21/h3-16H,17H2,1-2H3. The van der Waals surface area contributed by atoms with Gasteiger partial charge in [0, 0.05) is 11.2 Å². The van der Waals surface area contributed by atoms with Crippen LogP contribution in [0.2, 0.25) is 5.02 Å². The highest BCUT2D eigenvalue weighted by atomic mass is 35.5. The molecule has 0 heterocycles. The molecule has 0 fully saturated rings. The molecular weight excluding hydrogens is 394 g/mol. The summed E-state index contributed by atoms with van der Waals surface area (Å²) in [4.78, 5) is 4.51. The van der Waals surface area contributed by atoms with E-state index >= 15 is 0 Å². The van der Waals surface area contributed by atoms with E-state index in [0.29, 0.717) is 23.1 Å². The van der Waals surface area contributed by atoms with Crippen molar-refractivity contribution in [1.29, 1.82) is 0 Å². The summed E-state index contributed by atoms with van der Waals surface area (Å²) >= 11 is 6.18. The van der Waals surface area contributed by atoms with E-state index in [1.807, 2.05) is 55.5 Å². The lowest BCUT2D eigenvalue weighted by atomic mass is 10.1. The molecule has 30 heavy (non-hydrogen) atoms. The zero-order chi connectivity index (χ0) is 20.9. The summed E-state index contributed by atoms with van der Waals surface area (Å²) in [5.41, 5.74) is 3.89. The molecule has 3 nitrogen and oxygen atoms in total. The summed E-state index contributed by atoms with van der Waals surface area (Å²) in [6.45, 7) is 2.44. The van der Waals surface area contributed by atoms with Crippen LogP contribution < -0.4 is 9.47 Å². The first-order valence-corrected chi connectivity index (χ1v) is 10.1. The Kier molecular flexibility index (Phi) is 6.01. The number of rotatable bonds is 6. The molecule has 4 heteroatoms. The van der Waals surface area contributed by atoms with Crippen LogP contribution >= 0.6 is 11.6 Å². The summed E-state index contributed by atoms with van der Waals surface area (Å²) in [6.07, 6.45) is 1.79. The fourth-order valence-electron chi connectivity index (χ4n) is 3.27. The maximum absolute atomic E-state index is 6.18. The number of methoxy groups -OCH3 is 1. The summed E-state index contributed by atoms with van der Waals surface area (Å²) in [5, 5.41) is 3.10. The van der Waals surface area contributed by atoms with E-state index in [0.717, 1.165) is 22.4 Å². The number of halogens is 1. The van der Waals surface area contributed by atoms with Crippen LogP contribution in [0.5, 0.6) is 11.5 Å². The van der Waals surface area contributed by atoms with Gasteiger partial charge in [-0.2, -0.15) is 0 Å². The number of aryl methyl sites for hydroxylation is 1. The maximum atomic E-state index is 6.18. The highest BCUT2D eigenvalue weighted by Crippen LogP contribution is 2.30. The van der Waals surface area contributed by atoms with Gasteiger partial charge in [-0.15, -0.1) is 0 Å². The Bertz CT molecular complexity index is 1210. The molecule has 0 saturated heterocycles. The fourth-order valence-corrected chi connectivity index (χ4v) is 3.44. The molecule has 4 aromatic carbocycles. The van der Waals surface area contributed by atoms with Crippen molar-refractivity contribution >= 4 is 34.3 Å². The van der Waals surface area contributed by atoms with Gasteiger partial charge in [-0.3, -0.25) is 4.99 Å². The minimum Gasteiger partial charge on any atom is -0.493 e. The minimum absolute atomic E-state index is 0.465. The van der Waals surface area contributed by atoms with E-state index < -0.39 is 0 Å². The Morgan fingerprint density at radius 1 is 0.900 bits per heavy atom. The van der Waals surface area contributed by atoms with E-state index in [1.54, 1.807) is 13.3 Å². The molecule has 0 unspecified atom stereocenters. The predicted octanol–water partition coefficient (Wildman–Crippen LogP) is 7.14. The second-order valence-electron chi connectivity index (χ2n) is 7.03. The molecule has 0 aliphatic rings. The molecule has 0 bridgehead atoms. The van der Waals surface area contributed by atoms with Crippen molar-refractivity contribution in [2.75, 3.05) is 7.11 Å². The summed E-state index contributed by atoms with van der Waals surface area (Å²) in [5.74, 6) is 1.36. The third kappa shape index (κ3) is 4.47. The normalized spacial score (nSPS) is 11.2. The molecule has 4 aromatic rings. The van der Waals surface area contributed by atoms with Crippen LogP contribution in [-0.2, 0) is 6.61 Å². The molecule has 0 radical (unpaired) electrons. The van der Waals surface area contributed by atoms with Gasteiger partial charge >= 0.3 is 0 Å². The van der Waals surface area contributed by atoms with Gasteiger partial charge in [-0.05, 0) is 64.7 Å². The summed E-state index contributed by atoms with van der Waals surface area (Å²) < 4.78 is 11.6. The zero-order valence-corrected chi connectivity index (χ0v) is 17.7. The van der Waals surface area contributed by atoms with Crippen LogP contribution in [-0.4, -0.2) is 13.3 Å². The van der Waals surface area contributed by atoms with Gasteiger partial charge in [0.15, 0.2) is 11.5 Å². The minimum atomic E-state index is 0.465. The van der Waals surface area contributed by atoms with Gasteiger partial charge < -0.3 is 9.47 Å². The topological polar surface area (TPSA) is 30.8 Å². The van der Waals surface area contributed by atoms with Crippen LogP contribution in [0.15, 0.2) is 83.9 Å². The quantitative estimate of drug-likeness (QED) is 0.313. The molecular formula is C26H22ClNO2. The SMILES string of the molecule is COc1cc(C=Nc2ccc(C)c(Cl)c2)ccc1OCc1cccc2ccccc12. The Morgan fingerprint density at radius 3 is 2.57 bits per heavy atom. The van der Waals surface area contributed by atoms with Gasteiger partial charge in [-0.1, -0.05) is 60.1 Å². The number of aliphatic imine (C=N–C) groups is 1. The van der Waals surface area contributed by atoms with Crippen LogP contribution in [0.1, 0.15) is 16.7 Å². The lowest BCUT2D eigenvalue weighted by Crippen LogP contribution is -1.99. The Morgan fingerprint density at radius 2 is 1.73 bits per heavy atom. The smallest absolute Gasteiger partial charge is 0.161 e. The molecule has 0 aliphatic carbocycles. The summed E-state index contributed by atoms with van der Waals surface area (Å²) in [6, 6.07) is 26.1. The Hall–Kier alpha value is -3.30. The van der Waals surface area contributed by atoms with Crippen molar-refractivity contribution in [3.63, 3.8) is 0 Å². The predicted molar refractivity (Wildman–Crippen MR) is 125 cm³/mol. The van der Waals surface area contributed by atoms with Crippen molar-refractivity contribution in [3.8, 4) is 11.5 Å². The molecule has 150 valence electrons. The van der Waals surface area contributed by atoms with E-state index in [1.165, 1.54) is 10.8 Å². The summed E-state index contributed by atoms with van der Waals surface area (Å²) in [7, 11) is 1.64. The van der Waals surface area contributed by atoms with Gasteiger partial charge in [0.1, 0.15) is 6.61 Å². The zero-order valence-electron chi connectivity index (χ0n) is 16.9. The molecule has 0 saturated carbocycles. The van der Waals surface area contributed by atoms with E-state index in [-0.39, 0.29) is 0 Å². The van der Waals surface area contributed by atoms with Gasteiger partial charge in [0.25, 0.3) is 0 Å². The molecule has 0 aliphatic heterocycles. The van der Waals surface area contributed by atoms with Crippen LogP contribution in [0, 0.1) is 6.92 Å². The van der Waals surface area contributed by atoms with Crippen molar-refractivity contribution in [2.24, 2.45) is 4.99 Å². The Labute approximate surface area is 181 Å². The van der Waals surface area contributed by atoms with Crippen molar-refractivity contribution in [1.82, 2.24) is 0 Å². The van der Waals surface area contributed by atoms with E-state index in [9.17, 15) is 0 Å². The lowest BCUT2D eigenvalue weighted by molar-refractivity contribution is 0.285. The Balaban J connectivity index is 1.52. The molecule has 4 rings (SSSR count). The molecule has 0 N–H and O–H groups in total. The number of hydrogen-bond acceptors (Lipinski definition) is 3. The highest BCUT2D eigenvalue weighted by molar-refractivity contribution is 6.31. The van der Waals surface area contributed by atoms with Gasteiger partial charge in [-0.25, -0.2) is 0 Å². The van der Waals surface area contributed by atoms with Crippen LogP contribution in [0.3, 0.4) is 0 Å². The third-order valence-electron chi connectivity index (χ3n) is 4.97. The lowest BCUT2D eigenvalue weighted by Gasteiger charge is -2.12. The molecule has 0 aromatic heterocycles. The fraction of sp³-hybridized carbons (Fsp3) is 0.115. The molecule has 0 amide bonds. The monoisotopic (exact) mass is 415 g/mol. The van der Waals surface area contributed by atoms with Crippen LogP contribution in [0.25, 0.3) is 10.8 Å². The van der Waals surface area contributed by atoms with Gasteiger partial charge in [0.2, 0.25) is 0 Å². The third-order valence-corrected chi connectivity index (χ3v) is 5.38. The average Bonchev–Trinajstić information content (AvgIpc) is 2.78. The van der Waals surface area contributed by atoms with Crippen molar-refractivity contribution in [3.05, 3.63) is 101 Å². The first-order valence-electron chi connectivity index (χ1n) is 9.72. The van der Waals surface area contributed by atoms with E-state index in [4.69, 9.17) is 21.1 Å². The number of hydrogen-bond donors (Lipinski definition) is 0. The molecule has 0 spiro atoms. The first kappa shape index (κ1) is 20.0.